The van der Waals surface area contributed by atoms with Gasteiger partial charge in [-0.05, 0) is 19.4 Å². The van der Waals surface area contributed by atoms with Gasteiger partial charge in [0, 0.05) is 0 Å². The average Bonchev–Trinajstić information content (AvgIpc) is 2.76. The van der Waals surface area contributed by atoms with Crippen LogP contribution in [0.25, 0.3) is 0 Å². The van der Waals surface area contributed by atoms with Crippen molar-refractivity contribution in [3.05, 3.63) is 35.9 Å². The summed E-state index contributed by atoms with van der Waals surface area (Å²) in [5.74, 6) is -2.85. The molecule has 1 aromatic rings. The summed E-state index contributed by atoms with van der Waals surface area (Å²) >= 11 is 0. The fourth-order valence-electron chi connectivity index (χ4n) is 2.28. The first-order valence-corrected chi connectivity index (χ1v) is 6.97. The first-order valence-electron chi connectivity index (χ1n) is 6.97. The molecule has 0 aromatic heterocycles. The van der Waals surface area contributed by atoms with E-state index in [1.807, 2.05) is 0 Å². The van der Waals surface area contributed by atoms with Crippen molar-refractivity contribution in [1.29, 1.82) is 0 Å². The molecule has 0 bridgehead atoms. The van der Waals surface area contributed by atoms with Crippen LogP contribution in [-0.2, 0) is 14.3 Å². The molecule has 0 saturated carbocycles. The van der Waals surface area contributed by atoms with Gasteiger partial charge in [-0.25, -0.2) is 9.80 Å². The number of nitrogens with zero attached hydrogens (tertiary/aromatic N) is 2. The lowest BCUT2D eigenvalue weighted by atomic mass is 10.0. The third-order valence-corrected chi connectivity index (χ3v) is 3.38. The maximum Gasteiger partial charge on any atom is 0.415 e. The van der Waals surface area contributed by atoms with Gasteiger partial charge in [0.1, 0.15) is 0 Å². The minimum atomic E-state index is -4.73. The quantitative estimate of drug-likeness (QED) is 0.799. The minimum absolute atomic E-state index is 0.0418. The fourth-order valence-corrected chi connectivity index (χ4v) is 2.28. The van der Waals surface area contributed by atoms with E-state index in [0.29, 0.717) is 5.01 Å². The van der Waals surface area contributed by atoms with E-state index in [1.54, 1.807) is 13.0 Å². The molecule has 1 aromatic carbocycles. The summed E-state index contributed by atoms with van der Waals surface area (Å²) in [4.78, 5) is 23.9. The molecule has 0 aliphatic carbocycles. The zero-order chi connectivity index (χ0) is 17.2. The van der Waals surface area contributed by atoms with Crippen LogP contribution in [0, 0.1) is 5.92 Å². The fraction of sp³-hybridized carbons (Fsp3) is 0.400. The molecule has 1 heterocycles. The third-order valence-electron chi connectivity index (χ3n) is 3.38. The number of hydrogen-bond donors (Lipinski definition) is 0. The standard InChI is InChI=1S/C15H15F3N2O3/c1-3-23-14(22)11-9(2)13(21)20(19-11)12(15(16,17)18)10-7-5-4-6-8-10/h4-9,12H,3H2,1-2H3. The summed E-state index contributed by atoms with van der Waals surface area (Å²) in [6.07, 6.45) is -4.73. The SMILES string of the molecule is CCOC(=O)C1=NN(C(c2ccccc2)C(F)(F)F)C(=O)C1C. The molecule has 1 aliphatic rings. The van der Waals surface area contributed by atoms with Gasteiger partial charge in [0.25, 0.3) is 5.91 Å². The van der Waals surface area contributed by atoms with Gasteiger partial charge in [0.2, 0.25) is 0 Å². The Morgan fingerprint density at radius 3 is 2.48 bits per heavy atom. The first kappa shape index (κ1) is 17.0. The number of carbonyl (C=O) groups is 2. The number of hydrazone groups is 1. The number of ether oxygens (including phenoxy) is 1. The Morgan fingerprint density at radius 1 is 1.35 bits per heavy atom. The van der Waals surface area contributed by atoms with Gasteiger partial charge in [-0.15, -0.1) is 0 Å². The van der Waals surface area contributed by atoms with Gasteiger partial charge in [0.05, 0.1) is 12.5 Å². The van der Waals surface area contributed by atoms with Crippen LogP contribution in [0.1, 0.15) is 25.5 Å². The number of hydrogen-bond acceptors (Lipinski definition) is 4. The van der Waals surface area contributed by atoms with Crippen LogP contribution >= 0.6 is 0 Å². The number of esters is 1. The number of alkyl halides is 3. The first-order chi connectivity index (χ1) is 10.8. The van der Waals surface area contributed by atoms with Crippen molar-refractivity contribution in [1.82, 2.24) is 5.01 Å². The molecule has 23 heavy (non-hydrogen) atoms. The average molecular weight is 328 g/mol. The van der Waals surface area contributed by atoms with Crippen LogP contribution in [0.3, 0.4) is 0 Å². The predicted octanol–water partition coefficient (Wildman–Crippen LogP) is 2.69. The van der Waals surface area contributed by atoms with Gasteiger partial charge in [-0.3, -0.25) is 4.79 Å². The van der Waals surface area contributed by atoms with Crippen LogP contribution in [-0.4, -0.2) is 35.4 Å². The van der Waals surface area contributed by atoms with E-state index in [-0.39, 0.29) is 17.9 Å². The highest BCUT2D eigenvalue weighted by atomic mass is 19.4. The van der Waals surface area contributed by atoms with E-state index < -0.39 is 30.0 Å². The van der Waals surface area contributed by atoms with Crippen LogP contribution in [0.4, 0.5) is 13.2 Å². The maximum atomic E-state index is 13.5. The van der Waals surface area contributed by atoms with Crippen molar-refractivity contribution in [2.45, 2.75) is 26.1 Å². The number of carbonyl (C=O) groups excluding carboxylic acids is 2. The molecule has 1 amide bonds. The van der Waals surface area contributed by atoms with Crippen molar-refractivity contribution in [2.24, 2.45) is 11.0 Å². The van der Waals surface area contributed by atoms with Crippen molar-refractivity contribution >= 4 is 17.6 Å². The van der Waals surface area contributed by atoms with Crippen LogP contribution in [0.5, 0.6) is 0 Å². The molecule has 124 valence electrons. The summed E-state index contributed by atoms with van der Waals surface area (Å²) in [5.41, 5.74) is -0.448. The number of amides is 1. The molecule has 2 rings (SSSR count). The molecular formula is C15H15F3N2O3. The van der Waals surface area contributed by atoms with E-state index in [9.17, 15) is 22.8 Å². The van der Waals surface area contributed by atoms with Crippen LogP contribution < -0.4 is 0 Å². The van der Waals surface area contributed by atoms with Gasteiger partial charge >= 0.3 is 12.1 Å². The topological polar surface area (TPSA) is 59.0 Å². The Labute approximate surface area is 130 Å². The van der Waals surface area contributed by atoms with Crippen molar-refractivity contribution < 1.29 is 27.5 Å². The summed E-state index contributed by atoms with van der Waals surface area (Å²) < 4.78 is 45.1. The van der Waals surface area contributed by atoms with Gasteiger partial charge in [-0.1, -0.05) is 30.3 Å². The Morgan fingerprint density at radius 2 is 1.96 bits per heavy atom. The van der Waals surface area contributed by atoms with Crippen molar-refractivity contribution in [2.75, 3.05) is 6.61 Å². The molecule has 0 saturated heterocycles. The highest BCUT2D eigenvalue weighted by molar-refractivity contribution is 6.42. The van der Waals surface area contributed by atoms with E-state index in [2.05, 4.69) is 5.10 Å². The Hall–Kier alpha value is -2.38. The number of benzene rings is 1. The van der Waals surface area contributed by atoms with Crippen molar-refractivity contribution in [3.63, 3.8) is 0 Å². The largest absolute Gasteiger partial charge is 0.461 e. The molecule has 2 atom stereocenters. The van der Waals surface area contributed by atoms with E-state index in [4.69, 9.17) is 4.74 Å². The minimum Gasteiger partial charge on any atom is -0.461 e. The zero-order valence-electron chi connectivity index (χ0n) is 12.5. The normalized spacial score (nSPS) is 19.5. The zero-order valence-corrected chi connectivity index (χ0v) is 12.5. The lowest BCUT2D eigenvalue weighted by Crippen LogP contribution is -2.38. The summed E-state index contributed by atoms with van der Waals surface area (Å²) in [6.45, 7) is 2.93. The number of halogens is 3. The maximum absolute atomic E-state index is 13.5. The molecule has 0 fully saturated rings. The molecule has 0 N–H and O–H groups in total. The van der Waals surface area contributed by atoms with Gasteiger partial charge in [-0.2, -0.15) is 18.3 Å². The molecule has 2 unspecified atom stereocenters. The lowest BCUT2D eigenvalue weighted by molar-refractivity contribution is -0.191. The smallest absolute Gasteiger partial charge is 0.415 e. The Kier molecular flexibility index (Phi) is 4.72. The molecule has 1 aliphatic heterocycles. The Balaban J connectivity index is 2.43. The summed E-state index contributed by atoms with van der Waals surface area (Å²) in [7, 11) is 0. The second kappa shape index (κ2) is 6.39. The molecule has 5 nitrogen and oxygen atoms in total. The summed E-state index contributed by atoms with van der Waals surface area (Å²) in [6, 6.07) is 4.72. The Bertz CT molecular complexity index is 629. The summed E-state index contributed by atoms with van der Waals surface area (Å²) in [5, 5.41) is 3.94. The second-order valence-corrected chi connectivity index (χ2v) is 4.97. The molecule has 0 radical (unpaired) electrons. The number of rotatable bonds is 4. The lowest BCUT2D eigenvalue weighted by Gasteiger charge is -2.27. The third kappa shape index (κ3) is 3.35. The molecule has 8 heteroatoms. The molecule has 0 spiro atoms. The van der Waals surface area contributed by atoms with E-state index in [1.165, 1.54) is 31.2 Å². The van der Waals surface area contributed by atoms with Gasteiger partial charge in [0.15, 0.2) is 11.8 Å². The van der Waals surface area contributed by atoms with Gasteiger partial charge < -0.3 is 4.74 Å². The highest BCUT2D eigenvalue weighted by Gasteiger charge is 2.51. The predicted molar refractivity (Wildman–Crippen MR) is 75.3 cm³/mol. The van der Waals surface area contributed by atoms with Crippen molar-refractivity contribution in [3.8, 4) is 0 Å². The highest BCUT2D eigenvalue weighted by Crippen LogP contribution is 2.40. The second-order valence-electron chi connectivity index (χ2n) is 4.97. The van der Waals surface area contributed by atoms with E-state index >= 15 is 0 Å². The molecular weight excluding hydrogens is 313 g/mol. The van der Waals surface area contributed by atoms with Crippen LogP contribution in [0.2, 0.25) is 0 Å². The monoisotopic (exact) mass is 328 g/mol. The van der Waals surface area contributed by atoms with Crippen LogP contribution in [0.15, 0.2) is 35.4 Å². The van der Waals surface area contributed by atoms with E-state index in [0.717, 1.165) is 0 Å².